The fourth-order valence-electron chi connectivity index (χ4n) is 4.25. The number of nitrogens with zero attached hydrogens (tertiary/aromatic N) is 2. The number of methoxy groups -OCH3 is 1. The highest BCUT2D eigenvalue weighted by molar-refractivity contribution is 8.00. The Labute approximate surface area is 234 Å². The van der Waals surface area contributed by atoms with E-state index in [1.54, 1.807) is 0 Å². The Morgan fingerprint density at radius 3 is 2.38 bits per heavy atom. The number of hydrogen-bond donors (Lipinski definition) is 1. The third-order valence-corrected chi connectivity index (χ3v) is 7.55. The van der Waals surface area contributed by atoms with Crippen LogP contribution in [-0.2, 0) is 30.3 Å². The van der Waals surface area contributed by atoms with E-state index in [2.05, 4.69) is 9.89 Å². The maximum absolute atomic E-state index is 13.7. The summed E-state index contributed by atoms with van der Waals surface area (Å²) in [7, 11) is 1.28. The smallest absolute Gasteiger partial charge is 0.356 e. The summed E-state index contributed by atoms with van der Waals surface area (Å²) in [4.78, 5) is 39.3. The molecule has 0 spiro atoms. The van der Waals surface area contributed by atoms with Gasteiger partial charge in [0.1, 0.15) is 30.1 Å². The molecule has 2 N–H and O–H groups in total. The van der Waals surface area contributed by atoms with Crippen LogP contribution in [0.5, 0.6) is 5.88 Å². The van der Waals surface area contributed by atoms with Crippen LogP contribution in [0.2, 0.25) is 0 Å². The molecule has 1 fully saturated rings. The van der Waals surface area contributed by atoms with Crippen molar-refractivity contribution in [2.45, 2.75) is 23.9 Å². The number of hydrogen-bond acceptors (Lipinski definition) is 10. The van der Waals surface area contributed by atoms with Gasteiger partial charge in [0, 0.05) is 17.4 Å². The minimum Gasteiger partial charge on any atom is -0.471 e. The number of ether oxygens (including phenoxy) is 3. The van der Waals surface area contributed by atoms with E-state index >= 15 is 0 Å². The minimum absolute atomic E-state index is 0. The van der Waals surface area contributed by atoms with Crippen molar-refractivity contribution < 1.29 is 33.1 Å². The van der Waals surface area contributed by atoms with E-state index in [0.29, 0.717) is 11.3 Å². The van der Waals surface area contributed by atoms with Crippen molar-refractivity contribution in [3.05, 3.63) is 94.9 Å². The molecule has 2 atom stereocenters. The van der Waals surface area contributed by atoms with Gasteiger partial charge in [-0.1, -0.05) is 60.7 Å². The molecule has 3 heterocycles. The summed E-state index contributed by atoms with van der Waals surface area (Å²) in [5.41, 5.74) is 8.26. The second-order valence-corrected chi connectivity index (χ2v) is 9.77. The molecule has 0 saturated carbocycles. The molecule has 0 bridgehead atoms. The summed E-state index contributed by atoms with van der Waals surface area (Å²) in [6.45, 7) is -0.0469. The molecule has 3 aromatic rings. The zero-order valence-electron chi connectivity index (χ0n) is 20.9. The molecule has 1 aromatic heterocycles. The van der Waals surface area contributed by atoms with Crippen LogP contribution in [0.4, 0.5) is 0 Å². The largest absolute Gasteiger partial charge is 0.471 e. The first-order valence-electron chi connectivity index (χ1n) is 11.8. The summed E-state index contributed by atoms with van der Waals surface area (Å²) in [6.07, 6.45) is -0.778. The zero-order valence-corrected chi connectivity index (χ0v) is 22.5. The maximum Gasteiger partial charge on any atom is 0.356 e. The number of thioether (sulfide) groups is 1. The van der Waals surface area contributed by atoms with E-state index in [-0.39, 0.29) is 54.1 Å². The molecular weight excluding hydrogens is 546 g/mol. The molecule has 2 aliphatic rings. The number of carbonyl (C=O) groups excluding carboxylic acids is 3. The molecule has 204 valence electrons. The second kappa shape index (κ2) is 12.4. The number of rotatable bonds is 9. The number of esters is 2. The van der Waals surface area contributed by atoms with E-state index in [0.717, 1.165) is 11.1 Å². The van der Waals surface area contributed by atoms with Gasteiger partial charge in [0.2, 0.25) is 5.91 Å². The van der Waals surface area contributed by atoms with Gasteiger partial charge in [-0.25, -0.2) is 4.79 Å². The highest BCUT2D eigenvalue weighted by Crippen LogP contribution is 2.41. The van der Waals surface area contributed by atoms with Gasteiger partial charge in [0.05, 0.1) is 7.11 Å². The number of benzene rings is 2. The average molecular weight is 572 g/mol. The Morgan fingerprint density at radius 1 is 1.13 bits per heavy atom. The Balaban J connectivity index is 0.00000353. The number of carbonyl (C=O) groups is 3. The predicted molar refractivity (Wildman–Crippen MR) is 144 cm³/mol. The van der Waals surface area contributed by atoms with Gasteiger partial charge in [-0.15, -0.1) is 24.2 Å². The molecule has 2 aromatic carbocycles. The second-order valence-electron chi connectivity index (χ2n) is 8.67. The molecule has 1 amide bonds. The highest BCUT2D eigenvalue weighted by atomic mass is 35.5. The summed E-state index contributed by atoms with van der Waals surface area (Å²) in [5, 5.41) is 3.45. The lowest BCUT2D eigenvalue weighted by molar-refractivity contribution is -0.153. The van der Waals surface area contributed by atoms with Crippen molar-refractivity contribution in [1.29, 1.82) is 0 Å². The first-order valence-corrected chi connectivity index (χ1v) is 12.9. The third-order valence-electron chi connectivity index (χ3n) is 6.19. The number of halogens is 1. The van der Waals surface area contributed by atoms with Gasteiger partial charge in [-0.3, -0.25) is 14.5 Å². The molecule has 0 radical (unpaired) electrons. The van der Waals surface area contributed by atoms with Crippen LogP contribution in [0.25, 0.3) is 0 Å². The normalized spacial score (nSPS) is 18.1. The number of β-lactam (4-membered cyclic amide) rings is 1. The number of fused-ring (bicyclic) bond motifs is 1. The van der Waals surface area contributed by atoms with Crippen molar-refractivity contribution in [2.75, 3.05) is 19.5 Å². The number of amides is 1. The van der Waals surface area contributed by atoms with Gasteiger partial charge in [0.15, 0.2) is 11.9 Å². The van der Waals surface area contributed by atoms with Crippen LogP contribution in [0.15, 0.2) is 82.5 Å². The molecule has 12 heteroatoms. The zero-order chi connectivity index (χ0) is 26.6. The molecule has 1 saturated heterocycles. The van der Waals surface area contributed by atoms with Crippen molar-refractivity contribution >= 4 is 42.0 Å². The Morgan fingerprint density at radius 2 is 1.77 bits per heavy atom. The molecule has 39 heavy (non-hydrogen) atoms. The molecular formula is C27H26ClN3O7S. The summed E-state index contributed by atoms with van der Waals surface area (Å²) in [5.74, 6) is -0.678. The topological polar surface area (TPSA) is 134 Å². The van der Waals surface area contributed by atoms with Gasteiger partial charge >= 0.3 is 11.9 Å². The fraction of sp³-hybridized carbons (Fsp3) is 0.259. The van der Waals surface area contributed by atoms with Crippen molar-refractivity contribution in [3.63, 3.8) is 0 Å². The highest BCUT2D eigenvalue weighted by Gasteiger charge is 2.52. The summed E-state index contributed by atoms with van der Waals surface area (Å²) >= 11 is 1.45. The average Bonchev–Trinajstić information content (AvgIpc) is 3.41. The molecule has 5 rings (SSSR count). The van der Waals surface area contributed by atoms with Crippen molar-refractivity contribution in [2.24, 2.45) is 5.73 Å². The molecule has 0 aliphatic carbocycles. The summed E-state index contributed by atoms with van der Waals surface area (Å²) in [6, 6.07) is 19.5. The summed E-state index contributed by atoms with van der Waals surface area (Å²) < 4.78 is 21.6. The minimum atomic E-state index is -0.694. The SMILES string of the molecule is COC(=O)Cc1cc(OCC2=C(C(=O)OC(c3ccccc3)c3ccccc3)N3C(=O)C(N)[C@H]3SC2)no1.Cl. The predicted octanol–water partition coefficient (Wildman–Crippen LogP) is 3.02. The van der Waals surface area contributed by atoms with Crippen molar-refractivity contribution in [1.82, 2.24) is 10.1 Å². The quantitative estimate of drug-likeness (QED) is 0.302. The van der Waals surface area contributed by atoms with Crippen LogP contribution in [0, 0.1) is 0 Å². The maximum atomic E-state index is 13.7. The van der Waals surface area contributed by atoms with E-state index in [1.165, 1.54) is 29.8 Å². The van der Waals surface area contributed by atoms with Gasteiger partial charge in [-0.05, 0) is 16.3 Å². The van der Waals surface area contributed by atoms with Crippen LogP contribution in [0.1, 0.15) is 23.0 Å². The van der Waals surface area contributed by atoms with Crippen molar-refractivity contribution in [3.8, 4) is 5.88 Å². The van der Waals surface area contributed by atoms with Crippen LogP contribution in [-0.4, -0.2) is 58.8 Å². The van der Waals surface area contributed by atoms with Gasteiger partial charge in [-0.2, -0.15) is 0 Å². The lowest BCUT2D eigenvalue weighted by Crippen LogP contribution is -2.68. The standard InChI is InChI=1S/C27H25N3O7S.ClH/c1-34-21(31)13-19-12-20(29-37-19)35-14-18-15-38-26-22(28)25(32)30(26)23(18)27(33)36-24(16-8-4-2-5-9-16)17-10-6-3-7-11-17;/h2-12,22,24,26H,13-15,28H2,1H3;1H/t22?,26-;/m1./s1. The van der Waals surface area contributed by atoms with E-state index < -0.39 is 24.1 Å². The van der Waals surface area contributed by atoms with Gasteiger partial charge < -0.3 is 24.5 Å². The first kappa shape index (κ1) is 28.2. The monoisotopic (exact) mass is 571 g/mol. The molecule has 2 aliphatic heterocycles. The lowest BCUT2D eigenvalue weighted by atomic mass is 10.0. The molecule has 1 unspecified atom stereocenters. The lowest BCUT2D eigenvalue weighted by Gasteiger charge is -2.48. The molecule has 10 nitrogen and oxygen atoms in total. The Bertz CT molecular complexity index is 1330. The number of aromatic nitrogens is 1. The van der Waals surface area contributed by atoms with E-state index in [1.807, 2.05) is 60.7 Å². The van der Waals surface area contributed by atoms with Gasteiger partial charge in [0.25, 0.3) is 5.88 Å². The Kier molecular flexibility index (Phi) is 8.95. The van der Waals surface area contributed by atoms with Crippen LogP contribution in [0.3, 0.4) is 0 Å². The van der Waals surface area contributed by atoms with Crippen LogP contribution >= 0.6 is 24.2 Å². The van der Waals surface area contributed by atoms with E-state index in [4.69, 9.17) is 19.7 Å². The fourth-order valence-corrected chi connectivity index (χ4v) is 5.52. The Hall–Kier alpha value is -3.80. The first-order chi connectivity index (χ1) is 18.5. The van der Waals surface area contributed by atoms with Crippen LogP contribution < -0.4 is 10.5 Å². The third kappa shape index (κ3) is 5.95. The van der Waals surface area contributed by atoms with E-state index in [9.17, 15) is 14.4 Å². The number of nitrogens with two attached hydrogens (primary N) is 1.